The summed E-state index contributed by atoms with van der Waals surface area (Å²) in [5, 5.41) is 0. The summed E-state index contributed by atoms with van der Waals surface area (Å²) < 4.78 is 5.68. The van der Waals surface area contributed by atoms with E-state index in [2.05, 4.69) is 0 Å². The third-order valence-electron chi connectivity index (χ3n) is 3.46. The molecule has 0 bridgehead atoms. The fourth-order valence-electron chi connectivity index (χ4n) is 2.24. The zero-order valence-electron chi connectivity index (χ0n) is 13.0. The number of para-hydroxylation sites is 1. The molecule has 0 aliphatic carbocycles. The van der Waals surface area contributed by atoms with Crippen molar-refractivity contribution >= 4 is 46.0 Å². The van der Waals surface area contributed by atoms with Crippen LogP contribution in [-0.4, -0.2) is 17.3 Å². The SMILES string of the molecule is COc1ccc(/C=C/C=C2/SC(=S)N(c3ccccc3)C2=O)cc1. The van der Waals surface area contributed by atoms with E-state index in [0.717, 1.165) is 17.0 Å². The van der Waals surface area contributed by atoms with Crippen molar-refractivity contribution in [3.63, 3.8) is 0 Å². The van der Waals surface area contributed by atoms with Crippen LogP contribution in [0.3, 0.4) is 0 Å². The molecule has 1 fully saturated rings. The van der Waals surface area contributed by atoms with E-state index in [-0.39, 0.29) is 5.91 Å². The van der Waals surface area contributed by atoms with Crippen molar-refractivity contribution in [2.24, 2.45) is 0 Å². The van der Waals surface area contributed by atoms with Crippen LogP contribution in [0.1, 0.15) is 5.56 Å². The monoisotopic (exact) mass is 353 g/mol. The lowest BCUT2D eigenvalue weighted by atomic mass is 10.2. The fourth-order valence-corrected chi connectivity index (χ4v) is 3.49. The largest absolute Gasteiger partial charge is 0.497 e. The van der Waals surface area contributed by atoms with Gasteiger partial charge in [0, 0.05) is 0 Å². The quantitative estimate of drug-likeness (QED) is 0.591. The van der Waals surface area contributed by atoms with E-state index < -0.39 is 0 Å². The molecule has 0 spiro atoms. The van der Waals surface area contributed by atoms with Crippen LogP contribution in [0, 0.1) is 0 Å². The van der Waals surface area contributed by atoms with Crippen molar-refractivity contribution in [1.29, 1.82) is 0 Å². The molecule has 24 heavy (non-hydrogen) atoms. The molecule has 1 aliphatic rings. The average molecular weight is 353 g/mol. The Morgan fingerprint density at radius 3 is 2.46 bits per heavy atom. The van der Waals surface area contributed by atoms with Crippen molar-refractivity contribution in [3.8, 4) is 5.75 Å². The minimum absolute atomic E-state index is 0.0874. The minimum atomic E-state index is -0.0874. The van der Waals surface area contributed by atoms with Crippen LogP contribution in [-0.2, 0) is 4.79 Å². The summed E-state index contributed by atoms with van der Waals surface area (Å²) >= 11 is 6.65. The van der Waals surface area contributed by atoms with Gasteiger partial charge in [-0.05, 0) is 35.9 Å². The highest BCUT2D eigenvalue weighted by Gasteiger charge is 2.32. The number of amides is 1. The lowest BCUT2D eigenvalue weighted by Crippen LogP contribution is -2.27. The van der Waals surface area contributed by atoms with Gasteiger partial charge < -0.3 is 4.74 Å². The molecule has 0 saturated carbocycles. The van der Waals surface area contributed by atoms with Crippen molar-refractivity contribution in [2.45, 2.75) is 0 Å². The van der Waals surface area contributed by atoms with Gasteiger partial charge in [0.1, 0.15) is 5.75 Å². The Kier molecular flexibility index (Phi) is 5.13. The number of rotatable bonds is 4. The van der Waals surface area contributed by atoms with E-state index in [9.17, 15) is 4.79 Å². The summed E-state index contributed by atoms with van der Waals surface area (Å²) in [4.78, 5) is 14.7. The van der Waals surface area contributed by atoms with Crippen LogP contribution in [0.2, 0.25) is 0 Å². The number of nitrogens with zero attached hydrogens (tertiary/aromatic N) is 1. The molecule has 0 N–H and O–H groups in total. The van der Waals surface area contributed by atoms with Crippen LogP contribution >= 0.6 is 24.0 Å². The Hall–Kier alpha value is -2.37. The smallest absolute Gasteiger partial charge is 0.270 e. The lowest BCUT2D eigenvalue weighted by Gasteiger charge is -2.13. The van der Waals surface area contributed by atoms with Gasteiger partial charge in [0.2, 0.25) is 0 Å². The Morgan fingerprint density at radius 1 is 1.08 bits per heavy atom. The third kappa shape index (κ3) is 3.58. The highest BCUT2D eigenvalue weighted by molar-refractivity contribution is 8.27. The summed E-state index contributed by atoms with van der Waals surface area (Å²) in [7, 11) is 1.64. The second-order valence-electron chi connectivity index (χ2n) is 5.01. The maximum Gasteiger partial charge on any atom is 0.270 e. The van der Waals surface area contributed by atoms with E-state index in [1.54, 1.807) is 18.1 Å². The number of carbonyl (C=O) groups excluding carboxylic acids is 1. The molecule has 2 aromatic carbocycles. The molecule has 3 rings (SSSR count). The molecule has 1 saturated heterocycles. The Morgan fingerprint density at radius 2 is 1.79 bits per heavy atom. The van der Waals surface area contributed by atoms with E-state index >= 15 is 0 Å². The van der Waals surface area contributed by atoms with E-state index in [0.29, 0.717) is 9.23 Å². The second kappa shape index (κ2) is 7.47. The predicted octanol–water partition coefficient (Wildman–Crippen LogP) is 4.66. The van der Waals surface area contributed by atoms with Gasteiger partial charge in [-0.2, -0.15) is 0 Å². The molecular weight excluding hydrogens is 338 g/mol. The lowest BCUT2D eigenvalue weighted by molar-refractivity contribution is -0.113. The number of thiocarbonyl (C=S) groups is 1. The maximum absolute atomic E-state index is 12.5. The zero-order chi connectivity index (χ0) is 16.9. The normalized spacial score (nSPS) is 16.4. The van der Waals surface area contributed by atoms with Gasteiger partial charge in [-0.15, -0.1) is 0 Å². The molecule has 5 heteroatoms. The molecule has 120 valence electrons. The second-order valence-corrected chi connectivity index (χ2v) is 6.68. The summed E-state index contributed by atoms with van der Waals surface area (Å²) in [6.45, 7) is 0. The van der Waals surface area contributed by atoms with E-state index in [4.69, 9.17) is 17.0 Å². The number of ether oxygens (including phenoxy) is 1. The van der Waals surface area contributed by atoms with Crippen LogP contribution < -0.4 is 9.64 Å². The van der Waals surface area contributed by atoms with Crippen LogP contribution in [0.15, 0.2) is 71.7 Å². The van der Waals surface area contributed by atoms with Crippen molar-refractivity contribution in [1.82, 2.24) is 0 Å². The number of allylic oxidation sites excluding steroid dienone is 2. The number of anilines is 1. The van der Waals surface area contributed by atoms with Crippen molar-refractivity contribution < 1.29 is 9.53 Å². The molecule has 0 atom stereocenters. The summed E-state index contributed by atoms with van der Waals surface area (Å²) in [6.07, 6.45) is 5.60. The van der Waals surface area contributed by atoms with Gasteiger partial charge in [-0.3, -0.25) is 9.69 Å². The Labute approximate surface area is 150 Å². The number of benzene rings is 2. The molecule has 0 radical (unpaired) electrons. The predicted molar refractivity (Wildman–Crippen MR) is 104 cm³/mol. The van der Waals surface area contributed by atoms with Gasteiger partial charge in [0.15, 0.2) is 4.32 Å². The number of hydrogen-bond acceptors (Lipinski definition) is 4. The molecule has 3 nitrogen and oxygen atoms in total. The molecule has 1 aliphatic heterocycles. The topological polar surface area (TPSA) is 29.5 Å². The van der Waals surface area contributed by atoms with Crippen molar-refractivity contribution in [3.05, 3.63) is 77.2 Å². The Balaban J connectivity index is 1.75. The number of thioether (sulfide) groups is 1. The summed E-state index contributed by atoms with van der Waals surface area (Å²) in [5.41, 5.74) is 1.83. The molecular formula is C19H15NO2S2. The van der Waals surface area contributed by atoms with Crippen molar-refractivity contribution in [2.75, 3.05) is 12.0 Å². The fraction of sp³-hybridized carbons (Fsp3) is 0.0526. The highest BCUT2D eigenvalue weighted by atomic mass is 32.2. The number of hydrogen-bond donors (Lipinski definition) is 0. The standard InChI is InChI=1S/C19H15NO2S2/c1-22-16-12-10-14(11-13-16)6-5-9-17-18(21)20(19(23)24-17)15-7-3-2-4-8-15/h2-13H,1H3/b6-5+,17-9+. The minimum Gasteiger partial charge on any atom is -0.497 e. The van der Waals surface area contributed by atoms with E-state index in [1.807, 2.05) is 66.7 Å². The highest BCUT2D eigenvalue weighted by Crippen LogP contribution is 2.34. The maximum atomic E-state index is 12.5. The van der Waals surface area contributed by atoms with Crippen LogP contribution in [0.4, 0.5) is 5.69 Å². The molecule has 1 amide bonds. The van der Waals surface area contributed by atoms with Gasteiger partial charge in [-0.1, -0.05) is 66.5 Å². The average Bonchev–Trinajstić information content (AvgIpc) is 2.90. The number of methoxy groups -OCH3 is 1. The first-order chi connectivity index (χ1) is 11.7. The summed E-state index contributed by atoms with van der Waals surface area (Å²) in [6, 6.07) is 17.2. The van der Waals surface area contributed by atoms with Gasteiger partial charge in [0.05, 0.1) is 17.7 Å². The number of carbonyl (C=O) groups is 1. The Bertz CT molecular complexity index is 811. The van der Waals surface area contributed by atoms with Crippen LogP contribution in [0.25, 0.3) is 6.08 Å². The van der Waals surface area contributed by atoms with E-state index in [1.165, 1.54) is 11.8 Å². The summed E-state index contributed by atoms with van der Waals surface area (Å²) in [5.74, 6) is 0.728. The molecule has 2 aromatic rings. The molecule has 0 aromatic heterocycles. The van der Waals surface area contributed by atoms with Gasteiger partial charge in [-0.25, -0.2) is 0 Å². The van der Waals surface area contributed by atoms with Crippen LogP contribution in [0.5, 0.6) is 5.75 Å². The molecule has 1 heterocycles. The first-order valence-electron chi connectivity index (χ1n) is 7.33. The van der Waals surface area contributed by atoms with Gasteiger partial charge in [0.25, 0.3) is 5.91 Å². The first-order valence-corrected chi connectivity index (χ1v) is 8.55. The first kappa shape index (κ1) is 16.5. The van der Waals surface area contributed by atoms with Gasteiger partial charge >= 0.3 is 0 Å². The zero-order valence-corrected chi connectivity index (χ0v) is 14.6. The third-order valence-corrected chi connectivity index (χ3v) is 4.78. The molecule has 0 unspecified atom stereocenters.